The Bertz CT molecular complexity index is 361. The van der Waals surface area contributed by atoms with Crippen LogP contribution in [-0.2, 0) is 13.0 Å². The molecule has 98 valence electrons. The summed E-state index contributed by atoms with van der Waals surface area (Å²) in [5.74, 6) is 0. The normalized spacial score (nSPS) is 12.1. The molecular weight excluding hydrogens is 300 g/mol. The van der Waals surface area contributed by atoms with Crippen molar-refractivity contribution in [3.63, 3.8) is 0 Å². The fourth-order valence-corrected chi connectivity index (χ4v) is 3.32. The van der Waals surface area contributed by atoms with Gasteiger partial charge in [0.05, 0.1) is 16.4 Å². The number of halogens is 2. The standard InChI is InChI=1S/C13H22BrClN2/c1-5-13(6-2,9-14)8-11-12(15)10(4)16-17(11)7-3/h5-9H2,1-4H3. The molecule has 0 radical (unpaired) electrons. The van der Waals surface area contributed by atoms with E-state index in [0.29, 0.717) is 5.41 Å². The van der Waals surface area contributed by atoms with E-state index in [1.807, 2.05) is 11.6 Å². The van der Waals surface area contributed by atoms with Crippen LogP contribution in [0.5, 0.6) is 0 Å². The number of nitrogens with zero attached hydrogens (tertiary/aromatic N) is 2. The van der Waals surface area contributed by atoms with Gasteiger partial charge in [0.1, 0.15) is 0 Å². The van der Waals surface area contributed by atoms with E-state index >= 15 is 0 Å². The van der Waals surface area contributed by atoms with Crippen molar-refractivity contribution in [2.75, 3.05) is 5.33 Å². The fraction of sp³-hybridized carbons (Fsp3) is 0.769. The van der Waals surface area contributed by atoms with Gasteiger partial charge in [-0.3, -0.25) is 4.68 Å². The summed E-state index contributed by atoms with van der Waals surface area (Å²) in [5, 5.41) is 6.34. The Morgan fingerprint density at radius 3 is 2.29 bits per heavy atom. The van der Waals surface area contributed by atoms with E-state index in [0.717, 1.165) is 41.9 Å². The molecule has 0 aliphatic heterocycles. The smallest absolute Gasteiger partial charge is 0.0847 e. The predicted octanol–water partition coefficient (Wildman–Crippen LogP) is 4.61. The number of hydrogen-bond acceptors (Lipinski definition) is 1. The highest BCUT2D eigenvalue weighted by Crippen LogP contribution is 2.35. The van der Waals surface area contributed by atoms with E-state index in [1.165, 1.54) is 5.69 Å². The van der Waals surface area contributed by atoms with Crippen LogP contribution in [0.3, 0.4) is 0 Å². The molecule has 0 spiro atoms. The second kappa shape index (κ2) is 6.24. The molecule has 0 saturated carbocycles. The molecular formula is C13H22BrClN2. The van der Waals surface area contributed by atoms with Gasteiger partial charge in [0.15, 0.2) is 0 Å². The van der Waals surface area contributed by atoms with Crippen molar-refractivity contribution in [3.8, 4) is 0 Å². The summed E-state index contributed by atoms with van der Waals surface area (Å²) in [6, 6.07) is 0. The third kappa shape index (κ3) is 3.05. The van der Waals surface area contributed by atoms with E-state index in [1.54, 1.807) is 0 Å². The summed E-state index contributed by atoms with van der Waals surface area (Å²) in [7, 11) is 0. The molecule has 1 aromatic rings. The molecule has 1 aromatic heterocycles. The summed E-state index contributed by atoms with van der Waals surface area (Å²) in [4.78, 5) is 0. The van der Waals surface area contributed by atoms with Gasteiger partial charge in [-0.2, -0.15) is 5.10 Å². The first-order chi connectivity index (χ1) is 8.03. The Morgan fingerprint density at radius 1 is 1.29 bits per heavy atom. The third-order valence-corrected chi connectivity index (χ3v) is 5.46. The Balaban J connectivity index is 3.08. The van der Waals surface area contributed by atoms with Crippen molar-refractivity contribution < 1.29 is 0 Å². The second-order valence-corrected chi connectivity index (χ2v) is 5.62. The van der Waals surface area contributed by atoms with E-state index in [-0.39, 0.29) is 0 Å². The Hall–Kier alpha value is -0.0200. The molecule has 2 nitrogen and oxygen atoms in total. The van der Waals surface area contributed by atoms with Crippen molar-refractivity contribution in [2.24, 2.45) is 5.41 Å². The molecule has 0 unspecified atom stereocenters. The van der Waals surface area contributed by atoms with Crippen LogP contribution in [0.25, 0.3) is 0 Å². The van der Waals surface area contributed by atoms with Crippen molar-refractivity contribution in [2.45, 2.75) is 53.5 Å². The molecule has 0 atom stereocenters. The van der Waals surface area contributed by atoms with Crippen LogP contribution in [0, 0.1) is 12.3 Å². The molecule has 0 N–H and O–H groups in total. The van der Waals surface area contributed by atoms with Gasteiger partial charge in [0.2, 0.25) is 0 Å². The van der Waals surface area contributed by atoms with E-state index in [2.05, 4.69) is 41.8 Å². The van der Waals surface area contributed by atoms with Gasteiger partial charge in [-0.15, -0.1) is 0 Å². The maximum absolute atomic E-state index is 6.37. The average Bonchev–Trinajstić information content (AvgIpc) is 2.63. The van der Waals surface area contributed by atoms with Gasteiger partial charge in [-0.25, -0.2) is 0 Å². The monoisotopic (exact) mass is 320 g/mol. The molecule has 0 aliphatic rings. The first-order valence-electron chi connectivity index (χ1n) is 6.31. The van der Waals surface area contributed by atoms with Gasteiger partial charge in [-0.1, -0.05) is 41.4 Å². The lowest BCUT2D eigenvalue weighted by atomic mass is 9.80. The fourth-order valence-electron chi connectivity index (χ4n) is 2.13. The number of hydrogen-bond donors (Lipinski definition) is 0. The highest BCUT2D eigenvalue weighted by Gasteiger charge is 2.28. The van der Waals surface area contributed by atoms with Crippen LogP contribution in [0.15, 0.2) is 0 Å². The highest BCUT2D eigenvalue weighted by atomic mass is 79.9. The molecule has 0 aliphatic carbocycles. The minimum absolute atomic E-state index is 0.295. The average molecular weight is 322 g/mol. The van der Waals surface area contributed by atoms with Gasteiger partial charge < -0.3 is 0 Å². The highest BCUT2D eigenvalue weighted by molar-refractivity contribution is 9.09. The van der Waals surface area contributed by atoms with Crippen LogP contribution in [-0.4, -0.2) is 15.1 Å². The maximum Gasteiger partial charge on any atom is 0.0847 e. The zero-order valence-corrected chi connectivity index (χ0v) is 13.5. The lowest BCUT2D eigenvalue weighted by Gasteiger charge is -2.29. The number of aryl methyl sites for hydroxylation is 2. The SMILES string of the molecule is CCn1nc(C)c(Cl)c1CC(CC)(CC)CBr. The summed E-state index contributed by atoms with van der Waals surface area (Å²) in [5.41, 5.74) is 2.43. The van der Waals surface area contributed by atoms with Crippen LogP contribution in [0.4, 0.5) is 0 Å². The van der Waals surface area contributed by atoms with Crippen LogP contribution in [0.2, 0.25) is 5.02 Å². The number of alkyl halides is 1. The molecule has 0 saturated heterocycles. The molecule has 1 rings (SSSR count). The van der Waals surface area contributed by atoms with Crippen LogP contribution >= 0.6 is 27.5 Å². The zero-order chi connectivity index (χ0) is 13.1. The first kappa shape index (κ1) is 15.0. The second-order valence-electron chi connectivity index (χ2n) is 4.68. The van der Waals surface area contributed by atoms with Crippen molar-refractivity contribution >= 4 is 27.5 Å². The van der Waals surface area contributed by atoms with Gasteiger partial charge in [0, 0.05) is 11.9 Å². The summed E-state index contributed by atoms with van der Waals surface area (Å²) < 4.78 is 2.04. The van der Waals surface area contributed by atoms with E-state index in [4.69, 9.17) is 11.6 Å². The molecule has 17 heavy (non-hydrogen) atoms. The summed E-state index contributed by atoms with van der Waals surface area (Å²) in [6.45, 7) is 9.47. The van der Waals surface area contributed by atoms with Crippen LogP contribution < -0.4 is 0 Å². The molecule has 0 aromatic carbocycles. The predicted molar refractivity (Wildman–Crippen MR) is 78.2 cm³/mol. The number of aromatic nitrogens is 2. The summed E-state index contributed by atoms with van der Waals surface area (Å²) in [6.07, 6.45) is 3.30. The van der Waals surface area contributed by atoms with Crippen molar-refractivity contribution in [1.82, 2.24) is 9.78 Å². The minimum Gasteiger partial charge on any atom is -0.268 e. The molecule has 0 fully saturated rings. The van der Waals surface area contributed by atoms with Crippen molar-refractivity contribution in [3.05, 3.63) is 16.4 Å². The molecule has 4 heteroatoms. The van der Waals surface area contributed by atoms with Crippen molar-refractivity contribution in [1.29, 1.82) is 0 Å². The number of rotatable bonds is 6. The lowest BCUT2D eigenvalue weighted by molar-refractivity contribution is 0.298. The Labute approximate surface area is 118 Å². The van der Waals surface area contributed by atoms with Gasteiger partial charge in [-0.05, 0) is 38.5 Å². The molecule has 0 bridgehead atoms. The van der Waals surface area contributed by atoms with E-state index < -0.39 is 0 Å². The topological polar surface area (TPSA) is 17.8 Å². The Kier molecular flexibility index (Phi) is 5.52. The van der Waals surface area contributed by atoms with Gasteiger partial charge in [0.25, 0.3) is 0 Å². The lowest BCUT2D eigenvalue weighted by Crippen LogP contribution is -2.25. The summed E-state index contributed by atoms with van der Waals surface area (Å²) >= 11 is 10.0. The quantitative estimate of drug-likeness (QED) is 0.700. The van der Waals surface area contributed by atoms with Gasteiger partial charge >= 0.3 is 0 Å². The zero-order valence-electron chi connectivity index (χ0n) is 11.2. The Morgan fingerprint density at radius 2 is 1.88 bits per heavy atom. The molecule has 0 amide bonds. The first-order valence-corrected chi connectivity index (χ1v) is 7.81. The van der Waals surface area contributed by atoms with E-state index in [9.17, 15) is 0 Å². The molecule has 1 heterocycles. The minimum atomic E-state index is 0.295. The largest absolute Gasteiger partial charge is 0.268 e. The third-order valence-electron chi connectivity index (χ3n) is 3.78. The van der Waals surface area contributed by atoms with Crippen LogP contribution in [0.1, 0.15) is 45.0 Å². The maximum atomic E-state index is 6.37.